The van der Waals surface area contributed by atoms with Gasteiger partial charge in [-0.25, -0.2) is 4.99 Å². The minimum Gasteiger partial charge on any atom is -0.356 e. The van der Waals surface area contributed by atoms with Crippen LogP contribution in [0.4, 0.5) is 0 Å². The van der Waals surface area contributed by atoms with Crippen molar-refractivity contribution in [3.05, 3.63) is 89.7 Å². The molecule has 0 saturated heterocycles. The molecule has 170 valence electrons. The molecule has 0 radical (unpaired) electrons. The summed E-state index contributed by atoms with van der Waals surface area (Å²) in [5, 5.41) is 10.8. The molecule has 0 aliphatic carbocycles. The van der Waals surface area contributed by atoms with Crippen molar-refractivity contribution in [2.75, 3.05) is 27.2 Å². The molecular formula is C24H31IN6O. The number of rotatable bonds is 9. The van der Waals surface area contributed by atoms with Gasteiger partial charge in [0.25, 0.3) is 0 Å². The average molecular weight is 546 g/mol. The Kier molecular flexibility index (Phi) is 10.7. The first-order chi connectivity index (χ1) is 15.1. The van der Waals surface area contributed by atoms with E-state index in [1.807, 2.05) is 47.3 Å². The number of hydrogen-bond acceptors (Lipinski definition) is 3. The minimum absolute atomic E-state index is 0. The van der Waals surface area contributed by atoms with Gasteiger partial charge in [-0.15, -0.1) is 24.0 Å². The molecule has 0 saturated carbocycles. The van der Waals surface area contributed by atoms with Crippen molar-refractivity contribution in [3.8, 4) is 0 Å². The average Bonchev–Trinajstić information content (AvgIpc) is 3.29. The first-order valence-electron chi connectivity index (χ1n) is 10.4. The number of aliphatic imine (C=N–C) groups is 1. The number of amides is 1. The van der Waals surface area contributed by atoms with Gasteiger partial charge in [0, 0.05) is 33.0 Å². The third-order valence-electron chi connectivity index (χ3n) is 4.87. The fraction of sp³-hybridized carbons (Fsp3) is 0.292. The number of benzene rings is 2. The molecule has 7 nitrogen and oxygen atoms in total. The molecule has 0 atom stereocenters. The first-order valence-corrected chi connectivity index (χ1v) is 10.4. The molecule has 3 rings (SSSR count). The maximum atomic E-state index is 12.0. The Bertz CT molecular complexity index is 973. The number of aromatic nitrogens is 2. The van der Waals surface area contributed by atoms with Crippen LogP contribution in [0.25, 0.3) is 0 Å². The van der Waals surface area contributed by atoms with Gasteiger partial charge in [-0.05, 0) is 29.2 Å². The second kappa shape index (κ2) is 13.5. The maximum Gasteiger partial charge on any atom is 0.241 e. The topological polar surface area (TPSA) is 74.5 Å². The summed E-state index contributed by atoms with van der Waals surface area (Å²) in [6.07, 6.45) is 4.60. The number of likely N-dealkylation sites (N-methyl/N-ethyl adjacent to an activating group) is 1. The fourth-order valence-corrected chi connectivity index (χ4v) is 3.06. The van der Waals surface area contributed by atoms with Crippen LogP contribution in [-0.2, 0) is 24.3 Å². The van der Waals surface area contributed by atoms with Gasteiger partial charge in [0.15, 0.2) is 5.96 Å². The Morgan fingerprint density at radius 1 is 1.00 bits per heavy atom. The van der Waals surface area contributed by atoms with Crippen LogP contribution < -0.4 is 10.6 Å². The highest BCUT2D eigenvalue weighted by Crippen LogP contribution is 2.11. The van der Waals surface area contributed by atoms with Crippen LogP contribution in [0.1, 0.15) is 16.7 Å². The summed E-state index contributed by atoms with van der Waals surface area (Å²) in [5.41, 5.74) is 3.55. The van der Waals surface area contributed by atoms with E-state index >= 15 is 0 Å². The van der Waals surface area contributed by atoms with Crippen LogP contribution in [0.5, 0.6) is 0 Å². The number of nitrogens with one attached hydrogen (secondary N) is 2. The molecule has 0 unspecified atom stereocenters. The predicted molar refractivity (Wildman–Crippen MR) is 139 cm³/mol. The lowest BCUT2D eigenvalue weighted by atomic mass is 10.1. The molecule has 0 aliphatic rings. The van der Waals surface area contributed by atoms with Crippen molar-refractivity contribution < 1.29 is 4.79 Å². The van der Waals surface area contributed by atoms with Crippen molar-refractivity contribution in [1.82, 2.24) is 25.3 Å². The smallest absolute Gasteiger partial charge is 0.241 e. The van der Waals surface area contributed by atoms with Gasteiger partial charge >= 0.3 is 0 Å². The van der Waals surface area contributed by atoms with E-state index < -0.39 is 0 Å². The van der Waals surface area contributed by atoms with Crippen LogP contribution in [0.15, 0.2) is 78.0 Å². The Morgan fingerprint density at radius 3 is 2.41 bits per heavy atom. The summed E-state index contributed by atoms with van der Waals surface area (Å²) in [6.45, 7) is 2.12. The van der Waals surface area contributed by atoms with E-state index in [9.17, 15) is 4.79 Å². The van der Waals surface area contributed by atoms with E-state index in [4.69, 9.17) is 4.99 Å². The highest BCUT2D eigenvalue weighted by Gasteiger charge is 2.07. The zero-order chi connectivity index (χ0) is 21.9. The normalized spacial score (nSPS) is 10.9. The fourth-order valence-electron chi connectivity index (χ4n) is 3.06. The van der Waals surface area contributed by atoms with E-state index in [0.717, 1.165) is 18.5 Å². The molecule has 1 heterocycles. The molecule has 1 aromatic heterocycles. The van der Waals surface area contributed by atoms with E-state index in [-0.39, 0.29) is 36.4 Å². The summed E-state index contributed by atoms with van der Waals surface area (Å²) in [5.74, 6) is 0.622. The molecule has 0 bridgehead atoms. The summed E-state index contributed by atoms with van der Waals surface area (Å²) in [6, 6.07) is 20.4. The molecule has 8 heteroatoms. The zero-order valence-electron chi connectivity index (χ0n) is 18.6. The largest absolute Gasteiger partial charge is 0.356 e. The molecule has 1 amide bonds. The van der Waals surface area contributed by atoms with Gasteiger partial charge in [0.1, 0.15) is 0 Å². The van der Waals surface area contributed by atoms with Gasteiger partial charge < -0.3 is 15.5 Å². The highest BCUT2D eigenvalue weighted by atomic mass is 127. The van der Waals surface area contributed by atoms with E-state index in [0.29, 0.717) is 19.0 Å². The Hall–Kier alpha value is -2.88. The number of carbonyl (C=O) groups excluding carboxylic acids is 1. The number of hydrogen-bond donors (Lipinski definition) is 2. The number of nitrogens with zero attached hydrogens (tertiary/aromatic N) is 4. The first kappa shape index (κ1) is 25.4. The molecule has 2 aromatic carbocycles. The maximum absolute atomic E-state index is 12.0. The van der Waals surface area contributed by atoms with Crippen molar-refractivity contribution in [2.24, 2.45) is 4.99 Å². The van der Waals surface area contributed by atoms with E-state index in [1.54, 1.807) is 25.2 Å². The zero-order valence-corrected chi connectivity index (χ0v) is 20.9. The Labute approximate surface area is 206 Å². The Morgan fingerprint density at radius 2 is 1.72 bits per heavy atom. The number of guanidine groups is 1. The highest BCUT2D eigenvalue weighted by molar-refractivity contribution is 14.0. The van der Waals surface area contributed by atoms with Crippen LogP contribution >= 0.6 is 24.0 Å². The predicted octanol–water partition coefficient (Wildman–Crippen LogP) is 2.92. The lowest BCUT2D eigenvalue weighted by Gasteiger charge is -2.15. The minimum atomic E-state index is -0.00311. The van der Waals surface area contributed by atoms with Crippen molar-refractivity contribution in [3.63, 3.8) is 0 Å². The molecular weight excluding hydrogens is 515 g/mol. The molecule has 0 spiro atoms. The van der Waals surface area contributed by atoms with Crippen LogP contribution in [0.3, 0.4) is 0 Å². The molecule has 3 aromatic rings. The Balaban J connectivity index is 0.00000363. The second-order valence-corrected chi connectivity index (χ2v) is 7.44. The van der Waals surface area contributed by atoms with Gasteiger partial charge in [0.2, 0.25) is 5.91 Å². The summed E-state index contributed by atoms with van der Waals surface area (Å²) in [7, 11) is 3.49. The molecule has 0 aliphatic heterocycles. The SMILES string of the molecule is CN(C)C(=O)CNC(=NCc1ccccc1Cn1cccn1)NCCc1ccccc1.I. The summed E-state index contributed by atoms with van der Waals surface area (Å²) in [4.78, 5) is 18.3. The standard InChI is InChI=1S/C24H30N6O.HI/c1-29(2)23(31)18-27-24(25-15-13-20-9-4-3-5-10-20)26-17-21-11-6-7-12-22(21)19-30-16-8-14-28-30;/h3-12,14,16H,13,15,17-19H2,1-2H3,(H2,25,26,27);1H. The number of carbonyl (C=O) groups is 1. The molecule has 32 heavy (non-hydrogen) atoms. The van der Waals surface area contributed by atoms with Crippen LogP contribution in [0.2, 0.25) is 0 Å². The summed E-state index contributed by atoms with van der Waals surface area (Å²) >= 11 is 0. The van der Waals surface area contributed by atoms with Crippen molar-refractivity contribution in [2.45, 2.75) is 19.5 Å². The summed E-state index contributed by atoms with van der Waals surface area (Å²) < 4.78 is 1.90. The third-order valence-corrected chi connectivity index (χ3v) is 4.87. The van der Waals surface area contributed by atoms with Crippen molar-refractivity contribution >= 4 is 35.8 Å². The van der Waals surface area contributed by atoms with Gasteiger partial charge in [0.05, 0.1) is 19.6 Å². The quantitative estimate of drug-likeness (QED) is 0.246. The van der Waals surface area contributed by atoms with Crippen LogP contribution in [-0.4, -0.2) is 53.7 Å². The lowest BCUT2D eigenvalue weighted by molar-refractivity contribution is -0.127. The van der Waals surface area contributed by atoms with Crippen molar-refractivity contribution in [1.29, 1.82) is 0 Å². The lowest BCUT2D eigenvalue weighted by Crippen LogP contribution is -2.43. The van der Waals surface area contributed by atoms with Gasteiger partial charge in [-0.2, -0.15) is 5.10 Å². The van der Waals surface area contributed by atoms with Gasteiger partial charge in [-0.3, -0.25) is 9.48 Å². The van der Waals surface area contributed by atoms with Crippen LogP contribution in [0, 0.1) is 0 Å². The van der Waals surface area contributed by atoms with E-state index in [1.165, 1.54) is 11.1 Å². The molecule has 0 fully saturated rings. The molecule has 2 N–H and O–H groups in total. The van der Waals surface area contributed by atoms with E-state index in [2.05, 4.69) is 40.0 Å². The monoisotopic (exact) mass is 546 g/mol. The number of halogens is 1. The van der Waals surface area contributed by atoms with Gasteiger partial charge in [-0.1, -0.05) is 54.6 Å². The second-order valence-electron chi connectivity index (χ2n) is 7.44. The third kappa shape index (κ3) is 8.33.